The summed E-state index contributed by atoms with van der Waals surface area (Å²) >= 11 is 0. The quantitative estimate of drug-likeness (QED) is 0.470. The van der Waals surface area contributed by atoms with E-state index < -0.39 is 29.5 Å². The van der Waals surface area contributed by atoms with Gasteiger partial charge in [-0.2, -0.15) is 0 Å². The Morgan fingerprint density at radius 1 is 1.06 bits per heavy atom. The molecule has 0 fully saturated rings. The highest BCUT2D eigenvalue weighted by Gasteiger charge is 2.20. The molecule has 2 heterocycles. The lowest BCUT2D eigenvalue weighted by Crippen LogP contribution is -2.43. The smallest absolute Gasteiger partial charge is 0.324 e. The Bertz CT molecular complexity index is 1420. The number of rotatable bonds is 7. The molecule has 0 atom stereocenters. The summed E-state index contributed by atoms with van der Waals surface area (Å²) in [5, 5.41) is 2.53. The summed E-state index contributed by atoms with van der Waals surface area (Å²) in [5.41, 5.74) is 0.402. The second kappa shape index (κ2) is 9.23. The maximum atomic E-state index is 13.5. The summed E-state index contributed by atoms with van der Waals surface area (Å²) < 4.78 is 17.5. The third-order valence-electron chi connectivity index (χ3n) is 5.14. The van der Waals surface area contributed by atoms with Crippen molar-refractivity contribution in [2.24, 2.45) is 5.92 Å². The van der Waals surface area contributed by atoms with Crippen molar-refractivity contribution >= 4 is 22.8 Å². The first-order valence-electron chi connectivity index (χ1n) is 10.6. The number of anilines is 1. The Kier molecular flexibility index (Phi) is 6.21. The van der Waals surface area contributed by atoms with E-state index in [0.29, 0.717) is 6.54 Å². The van der Waals surface area contributed by atoms with E-state index in [2.05, 4.69) is 10.3 Å². The molecule has 170 valence electrons. The molecule has 4 aromatic rings. The van der Waals surface area contributed by atoms with Crippen LogP contribution in [0.4, 0.5) is 10.1 Å². The molecule has 0 saturated carbocycles. The van der Waals surface area contributed by atoms with Gasteiger partial charge in [-0.15, -0.1) is 0 Å². The van der Waals surface area contributed by atoms with Crippen molar-refractivity contribution in [3.05, 3.63) is 93.1 Å². The maximum absolute atomic E-state index is 13.5. The van der Waals surface area contributed by atoms with Crippen molar-refractivity contribution in [3.8, 4) is 0 Å². The van der Waals surface area contributed by atoms with Crippen molar-refractivity contribution in [2.45, 2.75) is 33.5 Å². The monoisotopic (exact) mass is 449 g/mol. The van der Waals surface area contributed by atoms with Gasteiger partial charge < -0.3 is 9.88 Å². The first kappa shape index (κ1) is 22.2. The summed E-state index contributed by atoms with van der Waals surface area (Å²) in [6.45, 7) is 4.24. The first-order chi connectivity index (χ1) is 15.8. The number of fused-ring (bicyclic) bond motifs is 1. The third kappa shape index (κ3) is 4.77. The van der Waals surface area contributed by atoms with E-state index in [9.17, 15) is 18.8 Å². The topological polar surface area (TPSA) is 90.9 Å². The van der Waals surface area contributed by atoms with Gasteiger partial charge >= 0.3 is 5.69 Å². The zero-order valence-corrected chi connectivity index (χ0v) is 18.4. The lowest BCUT2D eigenvalue weighted by atomic mass is 10.2. The number of hydrogen-bond acceptors (Lipinski definition) is 4. The number of nitrogens with zero attached hydrogens (tertiary/aromatic N) is 4. The second-order valence-electron chi connectivity index (χ2n) is 8.27. The zero-order chi connectivity index (χ0) is 23.5. The van der Waals surface area contributed by atoms with Crippen molar-refractivity contribution in [1.82, 2.24) is 18.7 Å². The average Bonchev–Trinajstić information content (AvgIpc) is 3.18. The summed E-state index contributed by atoms with van der Waals surface area (Å²) in [4.78, 5) is 43.6. The van der Waals surface area contributed by atoms with Crippen molar-refractivity contribution in [1.29, 1.82) is 0 Å². The van der Waals surface area contributed by atoms with Crippen LogP contribution in [-0.2, 0) is 24.4 Å². The van der Waals surface area contributed by atoms with Crippen LogP contribution < -0.4 is 16.6 Å². The number of halogens is 1. The van der Waals surface area contributed by atoms with E-state index >= 15 is 0 Å². The van der Waals surface area contributed by atoms with Gasteiger partial charge in [0.05, 0.1) is 12.9 Å². The van der Waals surface area contributed by atoms with Crippen LogP contribution >= 0.6 is 0 Å². The number of amides is 1. The van der Waals surface area contributed by atoms with Crippen LogP contribution in [0.5, 0.6) is 0 Å². The number of carbonyl (C=O) groups is 1. The van der Waals surface area contributed by atoms with E-state index in [1.54, 1.807) is 10.9 Å². The van der Waals surface area contributed by atoms with E-state index in [0.717, 1.165) is 16.2 Å². The highest BCUT2D eigenvalue weighted by Crippen LogP contribution is 2.12. The molecule has 1 N–H and O–H groups in total. The molecule has 0 spiro atoms. The summed E-state index contributed by atoms with van der Waals surface area (Å²) in [6.07, 6.45) is 1.55. The van der Waals surface area contributed by atoms with Gasteiger partial charge in [-0.1, -0.05) is 50.2 Å². The lowest BCUT2D eigenvalue weighted by Gasteiger charge is -2.13. The van der Waals surface area contributed by atoms with Gasteiger partial charge in [0.1, 0.15) is 12.4 Å². The van der Waals surface area contributed by atoms with Gasteiger partial charge in [-0.05, 0) is 29.7 Å². The van der Waals surface area contributed by atoms with Crippen molar-refractivity contribution in [2.75, 3.05) is 5.32 Å². The summed E-state index contributed by atoms with van der Waals surface area (Å²) in [5.74, 6) is -0.879. The first-order valence-corrected chi connectivity index (χ1v) is 10.6. The lowest BCUT2D eigenvalue weighted by molar-refractivity contribution is -0.116. The molecule has 33 heavy (non-hydrogen) atoms. The van der Waals surface area contributed by atoms with Gasteiger partial charge in [0.25, 0.3) is 5.56 Å². The van der Waals surface area contributed by atoms with Crippen LogP contribution in [0.2, 0.25) is 0 Å². The predicted molar refractivity (Wildman–Crippen MR) is 124 cm³/mol. The highest BCUT2D eigenvalue weighted by molar-refractivity contribution is 5.90. The zero-order valence-electron chi connectivity index (χ0n) is 18.4. The number of carbonyl (C=O) groups excluding carboxylic acids is 1. The van der Waals surface area contributed by atoms with Crippen LogP contribution in [0.3, 0.4) is 0 Å². The minimum Gasteiger partial charge on any atom is -0.324 e. The molecule has 0 radical (unpaired) electrons. The summed E-state index contributed by atoms with van der Waals surface area (Å²) in [7, 11) is 0. The van der Waals surface area contributed by atoms with Gasteiger partial charge in [0, 0.05) is 12.2 Å². The number of imidazole rings is 1. The fourth-order valence-electron chi connectivity index (χ4n) is 3.73. The Morgan fingerprint density at radius 2 is 1.82 bits per heavy atom. The van der Waals surface area contributed by atoms with Crippen LogP contribution in [0.25, 0.3) is 11.2 Å². The largest absolute Gasteiger partial charge is 0.333 e. The molecule has 4 rings (SSSR count). The molecule has 0 unspecified atom stereocenters. The van der Waals surface area contributed by atoms with Gasteiger partial charge in [0.15, 0.2) is 11.2 Å². The maximum Gasteiger partial charge on any atom is 0.333 e. The van der Waals surface area contributed by atoms with E-state index in [1.807, 2.05) is 44.2 Å². The molecule has 2 aromatic carbocycles. The fraction of sp³-hybridized carbons (Fsp3) is 0.250. The molecule has 0 aliphatic heterocycles. The number of hydrogen-bond donors (Lipinski definition) is 1. The fourth-order valence-corrected chi connectivity index (χ4v) is 3.73. The molecule has 8 nitrogen and oxygen atoms in total. The van der Waals surface area contributed by atoms with Crippen LogP contribution in [0.15, 0.2) is 70.5 Å². The van der Waals surface area contributed by atoms with Crippen molar-refractivity contribution < 1.29 is 9.18 Å². The molecule has 0 bridgehead atoms. The number of nitrogens with one attached hydrogen (secondary N) is 1. The van der Waals surface area contributed by atoms with Crippen LogP contribution in [0.1, 0.15) is 19.4 Å². The molecular weight excluding hydrogens is 425 g/mol. The Morgan fingerprint density at radius 3 is 2.52 bits per heavy atom. The Hall–Kier alpha value is -4.01. The predicted octanol–water partition coefficient (Wildman–Crippen LogP) is 2.84. The molecule has 1 amide bonds. The van der Waals surface area contributed by atoms with Gasteiger partial charge in [-0.25, -0.2) is 18.7 Å². The molecule has 0 saturated heterocycles. The summed E-state index contributed by atoms with van der Waals surface area (Å²) in [6, 6.07) is 14.7. The number of benzene rings is 2. The standard InChI is InChI=1S/C24H24FN5O3/c1-16(2)12-28-15-26-22-21(28)23(32)30(14-20(31)27-19-10-6-9-18(25)11-19)24(33)29(22)13-17-7-4-3-5-8-17/h3-11,15-16H,12-14H2,1-2H3,(H,27,31). The van der Waals surface area contributed by atoms with Gasteiger partial charge in [0.2, 0.25) is 5.91 Å². The van der Waals surface area contributed by atoms with Crippen LogP contribution in [0, 0.1) is 11.7 Å². The third-order valence-corrected chi connectivity index (χ3v) is 5.14. The molecule has 9 heteroatoms. The van der Waals surface area contributed by atoms with E-state index in [4.69, 9.17) is 0 Å². The second-order valence-corrected chi connectivity index (χ2v) is 8.27. The van der Waals surface area contributed by atoms with Crippen molar-refractivity contribution in [3.63, 3.8) is 0 Å². The molecule has 0 aliphatic carbocycles. The molecule has 2 aromatic heterocycles. The van der Waals surface area contributed by atoms with E-state index in [-0.39, 0.29) is 29.3 Å². The Labute approximate surface area is 188 Å². The molecule has 0 aliphatic rings. The van der Waals surface area contributed by atoms with E-state index in [1.165, 1.54) is 22.8 Å². The minimum atomic E-state index is -0.638. The average molecular weight is 449 g/mol. The SMILES string of the molecule is CC(C)Cn1cnc2c1c(=O)n(CC(=O)Nc1cccc(F)c1)c(=O)n2Cc1ccccc1. The number of aromatic nitrogens is 4. The Balaban J connectivity index is 1.80. The van der Waals surface area contributed by atoms with Gasteiger partial charge in [-0.3, -0.25) is 14.2 Å². The minimum absolute atomic E-state index is 0.195. The van der Waals surface area contributed by atoms with Crippen LogP contribution in [-0.4, -0.2) is 24.6 Å². The molecular formula is C24H24FN5O3. The highest BCUT2D eigenvalue weighted by atomic mass is 19.1. The normalized spacial score (nSPS) is 11.3.